The van der Waals surface area contributed by atoms with Gasteiger partial charge in [0.25, 0.3) is 0 Å². The van der Waals surface area contributed by atoms with E-state index in [0.717, 1.165) is 36.7 Å². The molecular weight excluding hydrogens is 354 g/mol. The van der Waals surface area contributed by atoms with Crippen LogP contribution < -0.4 is 15.4 Å². The van der Waals surface area contributed by atoms with Crippen molar-refractivity contribution in [3.05, 3.63) is 18.2 Å². The smallest absolute Gasteiger partial charge is 0.242 e. The SMILES string of the molecule is CCOc1ccc(S(=O)(=O)N(C)C)cc1NC(=O)C1CC12CCNCC2. The minimum absolute atomic E-state index is 0.00631. The topological polar surface area (TPSA) is 87.7 Å². The van der Waals surface area contributed by atoms with Gasteiger partial charge in [-0.25, -0.2) is 12.7 Å². The molecule has 144 valence electrons. The summed E-state index contributed by atoms with van der Waals surface area (Å²) in [7, 11) is -0.618. The van der Waals surface area contributed by atoms with Gasteiger partial charge >= 0.3 is 0 Å². The number of hydrogen-bond acceptors (Lipinski definition) is 5. The summed E-state index contributed by atoms with van der Waals surface area (Å²) in [6, 6.07) is 4.58. The molecule has 1 atom stereocenters. The average molecular weight is 381 g/mol. The van der Waals surface area contributed by atoms with Crippen molar-refractivity contribution in [1.82, 2.24) is 9.62 Å². The lowest BCUT2D eigenvalue weighted by Gasteiger charge is -2.23. The molecule has 1 amide bonds. The highest BCUT2D eigenvalue weighted by atomic mass is 32.2. The van der Waals surface area contributed by atoms with Crippen molar-refractivity contribution in [3.8, 4) is 5.75 Å². The Morgan fingerprint density at radius 3 is 2.65 bits per heavy atom. The predicted octanol–water partition coefficient (Wildman–Crippen LogP) is 1.66. The summed E-state index contributed by atoms with van der Waals surface area (Å²) in [6.45, 7) is 4.18. The maximum absolute atomic E-state index is 12.8. The van der Waals surface area contributed by atoms with Gasteiger partial charge in [-0.15, -0.1) is 0 Å². The molecule has 2 aliphatic rings. The fourth-order valence-corrected chi connectivity index (χ4v) is 4.60. The Balaban J connectivity index is 1.82. The highest BCUT2D eigenvalue weighted by molar-refractivity contribution is 7.89. The Morgan fingerprint density at radius 1 is 1.35 bits per heavy atom. The largest absolute Gasteiger partial charge is 0.492 e. The number of benzene rings is 1. The third kappa shape index (κ3) is 3.58. The molecule has 0 aromatic heterocycles. The van der Waals surface area contributed by atoms with Crippen LogP contribution in [0.4, 0.5) is 5.69 Å². The first-order chi connectivity index (χ1) is 12.3. The van der Waals surface area contributed by atoms with Crippen LogP contribution in [-0.4, -0.2) is 52.4 Å². The van der Waals surface area contributed by atoms with Gasteiger partial charge in [0.15, 0.2) is 0 Å². The summed E-state index contributed by atoms with van der Waals surface area (Å²) in [6.07, 6.45) is 2.93. The zero-order valence-corrected chi connectivity index (χ0v) is 16.4. The van der Waals surface area contributed by atoms with E-state index in [4.69, 9.17) is 4.74 Å². The molecule has 1 heterocycles. The summed E-state index contributed by atoms with van der Waals surface area (Å²) in [5, 5.41) is 6.24. The van der Waals surface area contributed by atoms with E-state index in [9.17, 15) is 13.2 Å². The normalized spacial score (nSPS) is 21.6. The molecule has 1 aromatic rings. The minimum Gasteiger partial charge on any atom is -0.492 e. The van der Waals surface area contributed by atoms with E-state index < -0.39 is 10.0 Å². The second-order valence-electron chi connectivity index (χ2n) is 7.24. The Labute approximate surface area is 155 Å². The summed E-state index contributed by atoms with van der Waals surface area (Å²) in [4.78, 5) is 12.9. The third-order valence-corrected chi connectivity index (χ3v) is 7.20. The Kier molecular flexibility index (Phi) is 5.28. The molecule has 1 saturated carbocycles. The van der Waals surface area contributed by atoms with Crippen molar-refractivity contribution in [1.29, 1.82) is 0 Å². The lowest BCUT2D eigenvalue weighted by atomic mass is 9.92. The Hall–Kier alpha value is -1.64. The number of hydrogen-bond donors (Lipinski definition) is 2. The molecule has 7 nitrogen and oxygen atoms in total. The monoisotopic (exact) mass is 381 g/mol. The van der Waals surface area contributed by atoms with Gasteiger partial charge in [-0.05, 0) is 62.9 Å². The number of carbonyl (C=O) groups excluding carboxylic acids is 1. The van der Waals surface area contributed by atoms with E-state index in [1.54, 1.807) is 6.07 Å². The minimum atomic E-state index is -3.58. The molecule has 1 aromatic carbocycles. The Bertz CT molecular complexity index is 786. The van der Waals surface area contributed by atoms with Crippen molar-refractivity contribution < 1.29 is 17.9 Å². The van der Waals surface area contributed by atoms with E-state index in [-0.39, 0.29) is 22.1 Å². The molecule has 8 heteroatoms. The van der Waals surface area contributed by atoms with Crippen LogP contribution in [0.3, 0.4) is 0 Å². The molecular formula is C18H27N3O4S. The maximum Gasteiger partial charge on any atom is 0.242 e. The van der Waals surface area contributed by atoms with E-state index in [1.807, 2.05) is 6.92 Å². The first-order valence-electron chi connectivity index (χ1n) is 9.01. The molecule has 26 heavy (non-hydrogen) atoms. The van der Waals surface area contributed by atoms with Crippen LogP contribution in [0.15, 0.2) is 23.1 Å². The van der Waals surface area contributed by atoms with Crippen molar-refractivity contribution in [2.75, 3.05) is 39.1 Å². The Morgan fingerprint density at radius 2 is 2.04 bits per heavy atom. The van der Waals surface area contributed by atoms with E-state index in [1.165, 1.54) is 26.2 Å². The summed E-state index contributed by atoms with van der Waals surface area (Å²) in [5.74, 6) is 0.430. The van der Waals surface area contributed by atoms with Gasteiger partial charge in [0.1, 0.15) is 5.75 Å². The number of piperidine rings is 1. The van der Waals surface area contributed by atoms with Crippen LogP contribution in [0.25, 0.3) is 0 Å². The molecule has 0 radical (unpaired) electrons. The number of anilines is 1. The summed E-state index contributed by atoms with van der Waals surface area (Å²) < 4.78 is 31.5. The molecule has 2 fully saturated rings. The first kappa shape index (κ1) is 19.1. The van der Waals surface area contributed by atoms with Crippen molar-refractivity contribution >= 4 is 21.6 Å². The molecule has 2 N–H and O–H groups in total. The molecule has 1 aliphatic carbocycles. The van der Waals surface area contributed by atoms with Crippen LogP contribution in [0.2, 0.25) is 0 Å². The zero-order valence-electron chi connectivity index (χ0n) is 15.5. The first-order valence-corrected chi connectivity index (χ1v) is 10.4. The number of amides is 1. The number of nitrogens with zero attached hydrogens (tertiary/aromatic N) is 1. The van der Waals surface area contributed by atoms with Gasteiger partial charge in [-0.3, -0.25) is 4.79 Å². The molecule has 1 unspecified atom stereocenters. The molecule has 1 saturated heterocycles. The van der Waals surface area contributed by atoms with Gasteiger partial charge in [-0.2, -0.15) is 0 Å². The summed E-state index contributed by atoms with van der Waals surface area (Å²) >= 11 is 0. The van der Waals surface area contributed by atoms with Crippen LogP contribution in [0, 0.1) is 11.3 Å². The van der Waals surface area contributed by atoms with Crippen LogP contribution in [-0.2, 0) is 14.8 Å². The van der Waals surface area contributed by atoms with E-state index >= 15 is 0 Å². The highest BCUT2D eigenvalue weighted by Gasteiger charge is 2.57. The van der Waals surface area contributed by atoms with Gasteiger partial charge in [0, 0.05) is 20.0 Å². The van der Waals surface area contributed by atoms with Crippen LogP contribution >= 0.6 is 0 Å². The molecule has 0 bridgehead atoms. The summed E-state index contributed by atoms with van der Waals surface area (Å²) in [5.41, 5.74) is 0.532. The van der Waals surface area contributed by atoms with Gasteiger partial charge in [0.05, 0.1) is 17.2 Å². The highest BCUT2D eigenvalue weighted by Crippen LogP contribution is 2.58. The second-order valence-corrected chi connectivity index (χ2v) is 9.39. The van der Waals surface area contributed by atoms with Crippen molar-refractivity contribution in [2.24, 2.45) is 11.3 Å². The van der Waals surface area contributed by atoms with Crippen molar-refractivity contribution in [3.63, 3.8) is 0 Å². The van der Waals surface area contributed by atoms with Gasteiger partial charge in [0.2, 0.25) is 15.9 Å². The number of rotatable bonds is 6. The fraction of sp³-hybridized carbons (Fsp3) is 0.611. The average Bonchev–Trinajstić information content (AvgIpc) is 3.30. The van der Waals surface area contributed by atoms with E-state index in [2.05, 4.69) is 10.6 Å². The van der Waals surface area contributed by atoms with Gasteiger partial charge in [-0.1, -0.05) is 0 Å². The molecule has 1 aliphatic heterocycles. The predicted molar refractivity (Wildman–Crippen MR) is 99.8 cm³/mol. The standard InChI is InChI=1S/C18H27N3O4S/c1-4-25-16-6-5-13(26(23,24)21(2)3)11-15(16)20-17(22)14-12-18(14)7-9-19-10-8-18/h5-6,11,14,19H,4,7-10,12H2,1-3H3,(H,20,22). The molecule has 1 spiro atoms. The van der Waals surface area contributed by atoms with Crippen molar-refractivity contribution in [2.45, 2.75) is 31.1 Å². The number of carbonyl (C=O) groups is 1. The van der Waals surface area contributed by atoms with Crippen LogP contribution in [0.1, 0.15) is 26.2 Å². The lowest BCUT2D eigenvalue weighted by Crippen LogP contribution is -2.31. The second kappa shape index (κ2) is 7.17. The molecule has 3 rings (SSSR count). The third-order valence-electron chi connectivity index (χ3n) is 5.39. The lowest BCUT2D eigenvalue weighted by molar-refractivity contribution is -0.118. The fourth-order valence-electron chi connectivity index (χ4n) is 3.67. The number of nitrogens with one attached hydrogen (secondary N) is 2. The zero-order chi connectivity index (χ0) is 18.9. The number of ether oxygens (including phenoxy) is 1. The van der Waals surface area contributed by atoms with Crippen LogP contribution in [0.5, 0.6) is 5.75 Å². The van der Waals surface area contributed by atoms with E-state index in [0.29, 0.717) is 18.0 Å². The maximum atomic E-state index is 12.8. The number of sulfonamides is 1. The van der Waals surface area contributed by atoms with Gasteiger partial charge < -0.3 is 15.4 Å². The quantitative estimate of drug-likeness (QED) is 0.783.